The number of esters is 1. The summed E-state index contributed by atoms with van der Waals surface area (Å²) in [7, 11) is 0. The predicted molar refractivity (Wildman–Crippen MR) is 102 cm³/mol. The third-order valence-electron chi connectivity index (χ3n) is 3.05. The van der Waals surface area contributed by atoms with Gasteiger partial charge in [0.1, 0.15) is 5.69 Å². The fourth-order valence-corrected chi connectivity index (χ4v) is 2.78. The number of carbonyl (C=O) groups excluding carboxylic acids is 2. The van der Waals surface area contributed by atoms with Crippen LogP contribution in [0.2, 0.25) is 15.1 Å². The van der Waals surface area contributed by atoms with E-state index in [-0.39, 0.29) is 38.6 Å². The first kappa shape index (κ1) is 20.0. The SMILES string of the molecule is C=C(C)C(=O)Nc1cc(OC(=O)C(=C)C)n(-c2c(Cl)cc(Cl)cc2Cl)n1. The monoisotopic (exact) mass is 413 g/mol. The van der Waals surface area contributed by atoms with Crippen molar-refractivity contribution >= 4 is 52.5 Å². The number of nitrogens with one attached hydrogen (secondary N) is 1. The van der Waals surface area contributed by atoms with Crippen molar-refractivity contribution in [3.8, 4) is 11.6 Å². The minimum Gasteiger partial charge on any atom is -0.404 e. The van der Waals surface area contributed by atoms with Gasteiger partial charge < -0.3 is 10.1 Å². The Morgan fingerprint density at radius 3 is 2.15 bits per heavy atom. The van der Waals surface area contributed by atoms with Gasteiger partial charge in [0.05, 0.1) is 10.0 Å². The molecule has 0 fully saturated rings. The molecule has 26 heavy (non-hydrogen) atoms. The molecular weight excluding hydrogens is 401 g/mol. The summed E-state index contributed by atoms with van der Waals surface area (Å²) in [5.41, 5.74) is 0.694. The lowest BCUT2D eigenvalue weighted by Gasteiger charge is -2.11. The van der Waals surface area contributed by atoms with Crippen molar-refractivity contribution in [3.05, 3.63) is 57.6 Å². The zero-order valence-electron chi connectivity index (χ0n) is 13.9. The highest BCUT2D eigenvalue weighted by Gasteiger charge is 2.20. The van der Waals surface area contributed by atoms with E-state index in [9.17, 15) is 9.59 Å². The maximum Gasteiger partial charge on any atom is 0.339 e. The summed E-state index contributed by atoms with van der Waals surface area (Å²) in [6.07, 6.45) is 0. The van der Waals surface area contributed by atoms with E-state index in [0.717, 1.165) is 0 Å². The summed E-state index contributed by atoms with van der Waals surface area (Å²) in [5, 5.41) is 7.40. The van der Waals surface area contributed by atoms with Gasteiger partial charge in [0.2, 0.25) is 5.88 Å². The topological polar surface area (TPSA) is 73.2 Å². The molecule has 1 aromatic carbocycles. The molecule has 0 aliphatic heterocycles. The summed E-state index contributed by atoms with van der Waals surface area (Å²) in [5.74, 6) is -1.02. The summed E-state index contributed by atoms with van der Waals surface area (Å²) in [4.78, 5) is 23.7. The van der Waals surface area contributed by atoms with Crippen molar-refractivity contribution in [2.24, 2.45) is 0 Å². The van der Waals surface area contributed by atoms with E-state index in [0.29, 0.717) is 5.02 Å². The van der Waals surface area contributed by atoms with Gasteiger partial charge in [-0.25, -0.2) is 4.79 Å². The molecule has 9 heteroatoms. The Hall–Kier alpha value is -2.28. The van der Waals surface area contributed by atoms with E-state index < -0.39 is 11.9 Å². The van der Waals surface area contributed by atoms with Gasteiger partial charge in [-0.3, -0.25) is 4.79 Å². The van der Waals surface area contributed by atoms with Crippen LogP contribution in [0.25, 0.3) is 5.69 Å². The first-order valence-electron chi connectivity index (χ1n) is 7.19. The minimum absolute atomic E-state index is 0.0128. The number of anilines is 1. The number of rotatable bonds is 5. The van der Waals surface area contributed by atoms with Crippen molar-refractivity contribution in [1.29, 1.82) is 0 Å². The van der Waals surface area contributed by atoms with Crippen LogP contribution in [0.1, 0.15) is 13.8 Å². The first-order valence-corrected chi connectivity index (χ1v) is 8.33. The van der Waals surface area contributed by atoms with Gasteiger partial charge in [-0.05, 0) is 26.0 Å². The van der Waals surface area contributed by atoms with Crippen LogP contribution < -0.4 is 10.1 Å². The molecule has 0 spiro atoms. The average Bonchev–Trinajstić information content (AvgIpc) is 2.88. The minimum atomic E-state index is -0.676. The molecule has 0 bridgehead atoms. The largest absolute Gasteiger partial charge is 0.404 e. The first-order chi connectivity index (χ1) is 12.1. The number of hydrogen-bond donors (Lipinski definition) is 1. The number of amides is 1. The number of halogens is 3. The van der Waals surface area contributed by atoms with Crippen LogP contribution in [0.15, 0.2) is 42.5 Å². The van der Waals surface area contributed by atoms with Crippen LogP contribution in [-0.2, 0) is 9.59 Å². The van der Waals surface area contributed by atoms with E-state index in [2.05, 4.69) is 23.6 Å². The van der Waals surface area contributed by atoms with Crippen molar-refractivity contribution in [1.82, 2.24) is 9.78 Å². The Labute approximate surface area is 165 Å². The smallest absolute Gasteiger partial charge is 0.339 e. The number of ether oxygens (including phenoxy) is 1. The lowest BCUT2D eigenvalue weighted by molar-refractivity contribution is -0.130. The lowest BCUT2D eigenvalue weighted by Crippen LogP contribution is -2.13. The fourth-order valence-electron chi connectivity index (χ4n) is 1.80. The van der Waals surface area contributed by atoms with Crippen LogP contribution in [0.4, 0.5) is 5.82 Å². The number of benzene rings is 1. The highest BCUT2D eigenvalue weighted by molar-refractivity contribution is 6.40. The third kappa shape index (κ3) is 4.46. The molecule has 0 unspecified atom stereocenters. The summed E-state index contributed by atoms with van der Waals surface area (Å²) in [6.45, 7) is 10.1. The number of aromatic nitrogens is 2. The van der Waals surface area contributed by atoms with Gasteiger partial charge in [-0.2, -0.15) is 4.68 Å². The van der Waals surface area contributed by atoms with Crippen molar-refractivity contribution in [2.45, 2.75) is 13.8 Å². The molecule has 6 nitrogen and oxygen atoms in total. The fraction of sp³-hybridized carbons (Fsp3) is 0.118. The van der Waals surface area contributed by atoms with Gasteiger partial charge in [-0.1, -0.05) is 48.0 Å². The Morgan fingerprint density at radius 1 is 1.08 bits per heavy atom. The molecule has 1 aromatic heterocycles. The Bertz CT molecular complexity index is 912. The molecule has 1 N–H and O–H groups in total. The normalized spacial score (nSPS) is 10.3. The van der Waals surface area contributed by atoms with Crippen LogP contribution >= 0.6 is 34.8 Å². The van der Waals surface area contributed by atoms with Gasteiger partial charge in [0.25, 0.3) is 5.91 Å². The second-order valence-electron chi connectivity index (χ2n) is 5.40. The molecule has 2 aromatic rings. The molecular formula is C17H14Cl3N3O3. The maximum absolute atomic E-state index is 11.9. The van der Waals surface area contributed by atoms with Crippen LogP contribution in [0.5, 0.6) is 5.88 Å². The van der Waals surface area contributed by atoms with Gasteiger partial charge in [0, 0.05) is 22.2 Å². The molecule has 1 amide bonds. The summed E-state index contributed by atoms with van der Waals surface area (Å²) in [6, 6.07) is 4.27. The standard InChI is InChI=1S/C17H14Cl3N3O3/c1-8(2)16(24)21-13-7-14(26-17(25)9(3)4)23(22-13)15-11(19)5-10(18)6-12(15)20/h5-7H,1,3H2,2,4H3,(H,21,22,24). The van der Waals surface area contributed by atoms with Gasteiger partial charge in [-0.15, -0.1) is 5.10 Å². The van der Waals surface area contributed by atoms with E-state index in [4.69, 9.17) is 39.5 Å². The van der Waals surface area contributed by atoms with E-state index in [1.54, 1.807) is 6.92 Å². The van der Waals surface area contributed by atoms with E-state index >= 15 is 0 Å². The lowest BCUT2D eigenvalue weighted by atomic mass is 10.3. The summed E-state index contributed by atoms with van der Waals surface area (Å²) < 4.78 is 6.45. The molecule has 136 valence electrons. The van der Waals surface area contributed by atoms with Crippen molar-refractivity contribution in [3.63, 3.8) is 0 Å². The quantitative estimate of drug-likeness (QED) is 0.562. The van der Waals surface area contributed by atoms with Crippen LogP contribution in [-0.4, -0.2) is 21.7 Å². The highest BCUT2D eigenvalue weighted by Crippen LogP contribution is 2.35. The van der Waals surface area contributed by atoms with Crippen molar-refractivity contribution < 1.29 is 14.3 Å². The molecule has 0 aliphatic rings. The third-order valence-corrected chi connectivity index (χ3v) is 3.84. The highest BCUT2D eigenvalue weighted by atomic mass is 35.5. The summed E-state index contributed by atoms with van der Waals surface area (Å²) >= 11 is 18.4. The predicted octanol–water partition coefficient (Wildman–Crippen LogP) is 4.83. The zero-order chi connectivity index (χ0) is 19.6. The number of nitrogens with zero attached hydrogens (tertiary/aromatic N) is 2. The molecule has 0 atom stereocenters. The second kappa shape index (κ2) is 7.95. The molecule has 0 radical (unpaired) electrons. The second-order valence-corrected chi connectivity index (χ2v) is 6.65. The van der Waals surface area contributed by atoms with Crippen LogP contribution in [0.3, 0.4) is 0 Å². The van der Waals surface area contributed by atoms with Crippen LogP contribution in [0, 0.1) is 0 Å². The average molecular weight is 415 g/mol. The van der Waals surface area contributed by atoms with Crippen molar-refractivity contribution in [2.75, 3.05) is 5.32 Å². The van der Waals surface area contributed by atoms with Gasteiger partial charge >= 0.3 is 5.97 Å². The number of carbonyl (C=O) groups is 2. The molecule has 0 saturated heterocycles. The zero-order valence-corrected chi connectivity index (χ0v) is 16.2. The molecule has 1 heterocycles. The Kier molecular flexibility index (Phi) is 6.13. The Balaban J connectivity index is 2.57. The number of hydrogen-bond acceptors (Lipinski definition) is 4. The Morgan fingerprint density at radius 2 is 1.65 bits per heavy atom. The van der Waals surface area contributed by atoms with E-state index in [1.165, 1.54) is 29.8 Å². The van der Waals surface area contributed by atoms with Gasteiger partial charge in [0.15, 0.2) is 5.82 Å². The molecule has 0 aliphatic carbocycles. The maximum atomic E-state index is 11.9. The molecule has 2 rings (SSSR count). The molecule has 0 saturated carbocycles. The van der Waals surface area contributed by atoms with E-state index in [1.807, 2.05) is 0 Å².